The molecule has 0 atom stereocenters. The average molecular weight is 359 g/mol. The summed E-state index contributed by atoms with van der Waals surface area (Å²) in [5.41, 5.74) is 1.57. The van der Waals surface area contributed by atoms with Gasteiger partial charge in [-0.3, -0.25) is 14.4 Å². The number of benzene rings is 1. The van der Waals surface area contributed by atoms with Crippen molar-refractivity contribution in [1.82, 2.24) is 16.0 Å². The third kappa shape index (κ3) is 6.86. The Kier molecular flexibility index (Phi) is 8.12. The number of carbonyl (C=O) groups is 3. The molecule has 1 aromatic carbocycles. The number of rotatable bonds is 8. The van der Waals surface area contributed by atoms with E-state index in [-0.39, 0.29) is 23.6 Å². The van der Waals surface area contributed by atoms with Crippen molar-refractivity contribution in [3.63, 3.8) is 0 Å². The van der Waals surface area contributed by atoms with Crippen LogP contribution in [-0.2, 0) is 16.1 Å². The Morgan fingerprint density at radius 2 is 1.58 bits per heavy atom. The van der Waals surface area contributed by atoms with Crippen LogP contribution in [-0.4, -0.2) is 30.8 Å². The summed E-state index contributed by atoms with van der Waals surface area (Å²) >= 11 is 0. The molecule has 26 heavy (non-hydrogen) atoms. The molecule has 142 valence electrons. The fourth-order valence-electron chi connectivity index (χ4n) is 3.13. The SMILES string of the molecule is CC(=O)NCCCNC(=O)c1ccc(CNC(=O)C2CCCCC2)cc1. The van der Waals surface area contributed by atoms with Crippen LogP contribution >= 0.6 is 0 Å². The van der Waals surface area contributed by atoms with Crippen molar-refractivity contribution < 1.29 is 14.4 Å². The molecule has 0 bridgehead atoms. The number of nitrogens with one attached hydrogen (secondary N) is 3. The summed E-state index contributed by atoms with van der Waals surface area (Å²) in [6.07, 6.45) is 6.20. The second kappa shape index (κ2) is 10.6. The molecule has 0 heterocycles. The minimum Gasteiger partial charge on any atom is -0.356 e. The van der Waals surface area contributed by atoms with Gasteiger partial charge >= 0.3 is 0 Å². The van der Waals surface area contributed by atoms with Crippen molar-refractivity contribution >= 4 is 17.7 Å². The van der Waals surface area contributed by atoms with E-state index in [1.54, 1.807) is 12.1 Å². The van der Waals surface area contributed by atoms with Gasteiger partial charge in [-0.25, -0.2) is 0 Å². The zero-order valence-corrected chi connectivity index (χ0v) is 15.5. The van der Waals surface area contributed by atoms with Gasteiger partial charge < -0.3 is 16.0 Å². The van der Waals surface area contributed by atoms with Gasteiger partial charge in [0.1, 0.15) is 0 Å². The van der Waals surface area contributed by atoms with Crippen molar-refractivity contribution in [3.8, 4) is 0 Å². The molecule has 1 aromatic rings. The summed E-state index contributed by atoms with van der Waals surface area (Å²) in [4.78, 5) is 35.0. The molecule has 1 aliphatic carbocycles. The minimum atomic E-state index is -0.134. The third-order valence-electron chi connectivity index (χ3n) is 4.67. The highest BCUT2D eigenvalue weighted by Gasteiger charge is 2.20. The van der Waals surface area contributed by atoms with Crippen LogP contribution < -0.4 is 16.0 Å². The van der Waals surface area contributed by atoms with Crippen molar-refractivity contribution in [1.29, 1.82) is 0 Å². The van der Waals surface area contributed by atoms with E-state index in [1.807, 2.05) is 12.1 Å². The number of carbonyl (C=O) groups excluding carboxylic acids is 3. The molecule has 0 spiro atoms. The van der Waals surface area contributed by atoms with Crippen LogP contribution in [0.2, 0.25) is 0 Å². The fraction of sp³-hybridized carbons (Fsp3) is 0.550. The lowest BCUT2D eigenvalue weighted by Gasteiger charge is -2.20. The lowest BCUT2D eigenvalue weighted by molar-refractivity contribution is -0.126. The van der Waals surface area contributed by atoms with E-state index in [0.717, 1.165) is 31.2 Å². The van der Waals surface area contributed by atoms with Crippen LogP contribution in [0.3, 0.4) is 0 Å². The molecule has 1 fully saturated rings. The van der Waals surface area contributed by atoms with Crippen molar-refractivity contribution in [3.05, 3.63) is 35.4 Å². The molecule has 0 aromatic heterocycles. The molecule has 2 rings (SSSR count). The third-order valence-corrected chi connectivity index (χ3v) is 4.67. The first-order valence-corrected chi connectivity index (χ1v) is 9.45. The fourth-order valence-corrected chi connectivity index (χ4v) is 3.13. The highest BCUT2D eigenvalue weighted by Crippen LogP contribution is 2.23. The second-order valence-electron chi connectivity index (χ2n) is 6.84. The van der Waals surface area contributed by atoms with Crippen LogP contribution in [0.4, 0.5) is 0 Å². The molecular formula is C20H29N3O3. The summed E-state index contributed by atoms with van der Waals surface area (Å²) in [5, 5.41) is 8.51. The zero-order valence-electron chi connectivity index (χ0n) is 15.5. The molecule has 1 saturated carbocycles. The summed E-state index contributed by atoms with van der Waals surface area (Å²) in [6.45, 7) is 3.03. The number of hydrogen-bond acceptors (Lipinski definition) is 3. The first-order chi connectivity index (χ1) is 12.6. The summed E-state index contributed by atoms with van der Waals surface area (Å²) < 4.78 is 0. The molecule has 3 N–H and O–H groups in total. The topological polar surface area (TPSA) is 87.3 Å². The van der Waals surface area contributed by atoms with E-state index < -0.39 is 0 Å². The number of hydrogen-bond donors (Lipinski definition) is 3. The zero-order chi connectivity index (χ0) is 18.8. The van der Waals surface area contributed by atoms with Gasteiger partial charge in [0.15, 0.2) is 0 Å². The van der Waals surface area contributed by atoms with Crippen LogP contribution in [0.1, 0.15) is 61.4 Å². The monoisotopic (exact) mass is 359 g/mol. The van der Waals surface area contributed by atoms with Crippen LogP contribution in [0.5, 0.6) is 0 Å². The van der Waals surface area contributed by atoms with Crippen LogP contribution in [0, 0.1) is 5.92 Å². The molecule has 1 aliphatic rings. The van der Waals surface area contributed by atoms with E-state index >= 15 is 0 Å². The van der Waals surface area contributed by atoms with E-state index in [1.165, 1.54) is 13.3 Å². The maximum atomic E-state index is 12.2. The van der Waals surface area contributed by atoms with E-state index in [2.05, 4.69) is 16.0 Å². The first kappa shape index (κ1) is 19.9. The Balaban J connectivity index is 1.70. The summed E-state index contributed by atoms with van der Waals surface area (Å²) in [5.74, 6) is 0.102. The Bertz CT molecular complexity index is 607. The predicted molar refractivity (Wildman–Crippen MR) is 100 cm³/mol. The Morgan fingerprint density at radius 3 is 2.23 bits per heavy atom. The van der Waals surface area contributed by atoms with Crippen molar-refractivity contribution in [2.45, 2.75) is 52.0 Å². The minimum absolute atomic E-state index is 0.0671. The van der Waals surface area contributed by atoms with Gasteiger partial charge in [-0.15, -0.1) is 0 Å². The first-order valence-electron chi connectivity index (χ1n) is 9.45. The lowest BCUT2D eigenvalue weighted by Crippen LogP contribution is -2.31. The molecule has 6 heteroatoms. The van der Waals surface area contributed by atoms with E-state index in [9.17, 15) is 14.4 Å². The maximum Gasteiger partial charge on any atom is 0.251 e. The molecule has 0 radical (unpaired) electrons. The highest BCUT2D eigenvalue weighted by atomic mass is 16.2. The van der Waals surface area contributed by atoms with Crippen LogP contribution in [0.25, 0.3) is 0 Å². The summed E-state index contributed by atoms with van der Waals surface area (Å²) in [6, 6.07) is 7.28. The number of amides is 3. The van der Waals surface area contributed by atoms with Gasteiger partial charge in [-0.1, -0.05) is 31.4 Å². The highest BCUT2D eigenvalue weighted by molar-refractivity contribution is 5.94. The normalized spacial score (nSPS) is 14.5. The quantitative estimate of drug-likeness (QED) is 0.622. The Morgan fingerprint density at radius 1 is 0.923 bits per heavy atom. The smallest absolute Gasteiger partial charge is 0.251 e. The Hall–Kier alpha value is -2.37. The van der Waals surface area contributed by atoms with Gasteiger partial charge in [0.2, 0.25) is 11.8 Å². The van der Waals surface area contributed by atoms with Gasteiger partial charge in [0.05, 0.1) is 0 Å². The Labute approximate surface area is 155 Å². The van der Waals surface area contributed by atoms with E-state index in [4.69, 9.17) is 0 Å². The van der Waals surface area contributed by atoms with Crippen LogP contribution in [0.15, 0.2) is 24.3 Å². The molecule has 6 nitrogen and oxygen atoms in total. The second-order valence-corrected chi connectivity index (χ2v) is 6.84. The van der Waals surface area contributed by atoms with Crippen molar-refractivity contribution in [2.24, 2.45) is 5.92 Å². The van der Waals surface area contributed by atoms with Gasteiger partial charge in [-0.2, -0.15) is 0 Å². The average Bonchev–Trinajstić information content (AvgIpc) is 2.66. The molecule has 0 aliphatic heterocycles. The summed E-state index contributed by atoms with van der Waals surface area (Å²) in [7, 11) is 0. The predicted octanol–water partition coefficient (Wildman–Crippen LogP) is 2.14. The molecule has 0 saturated heterocycles. The largest absolute Gasteiger partial charge is 0.356 e. The van der Waals surface area contributed by atoms with Gasteiger partial charge in [0, 0.05) is 38.0 Å². The van der Waals surface area contributed by atoms with Crippen molar-refractivity contribution in [2.75, 3.05) is 13.1 Å². The standard InChI is InChI=1S/C20H29N3O3/c1-15(24)21-12-5-13-22-19(25)18-10-8-16(9-11-18)14-23-20(26)17-6-3-2-4-7-17/h8-11,17H,2-7,12-14H2,1H3,(H,21,24)(H,22,25)(H,23,26). The maximum absolute atomic E-state index is 12.2. The lowest BCUT2D eigenvalue weighted by atomic mass is 9.88. The molecule has 0 unspecified atom stereocenters. The van der Waals surface area contributed by atoms with Gasteiger partial charge in [0.25, 0.3) is 5.91 Å². The van der Waals surface area contributed by atoms with E-state index in [0.29, 0.717) is 31.6 Å². The molecule has 3 amide bonds. The van der Waals surface area contributed by atoms with Gasteiger partial charge in [-0.05, 0) is 37.0 Å². The molecular weight excluding hydrogens is 330 g/mol.